The van der Waals surface area contributed by atoms with Crippen LogP contribution < -0.4 is 0 Å². The van der Waals surface area contributed by atoms with E-state index in [9.17, 15) is 5.26 Å². The van der Waals surface area contributed by atoms with E-state index < -0.39 is 0 Å². The molecular weight excluding hydrogens is 136 g/mol. The Labute approximate surface area is 57.6 Å². The van der Waals surface area contributed by atoms with Crippen LogP contribution in [0.25, 0.3) is 0 Å². The van der Waals surface area contributed by atoms with Crippen molar-refractivity contribution in [1.82, 2.24) is 0 Å². The third kappa shape index (κ3) is 2.05. The van der Waals surface area contributed by atoms with E-state index in [1.54, 1.807) is 12.1 Å². The lowest BCUT2D eigenvalue weighted by Gasteiger charge is -1.89. The molecule has 0 bridgehead atoms. The van der Waals surface area contributed by atoms with Crippen LogP contribution in [0.5, 0.6) is 0 Å². The van der Waals surface area contributed by atoms with Crippen LogP contribution in [-0.2, 0) is 9.59 Å². The third-order valence-corrected chi connectivity index (χ3v) is 1.31. The van der Waals surface area contributed by atoms with Crippen LogP contribution in [0.1, 0.15) is 0 Å². The zero-order chi connectivity index (χ0) is 6.53. The molecule has 0 aliphatic rings. The molecule has 0 atom stereocenters. The molecule has 0 aromatic heterocycles. The molecule has 9 heavy (non-hydrogen) atoms. The quantitative estimate of drug-likeness (QED) is 0.356. The second-order valence-electron chi connectivity index (χ2n) is 1.38. The molecule has 3 heteroatoms. The Morgan fingerprint density at radius 1 is 1.56 bits per heavy atom. The molecule has 0 aliphatic heterocycles. The van der Waals surface area contributed by atoms with Crippen molar-refractivity contribution in [3.63, 3.8) is 0 Å². The Hall–Kier alpha value is -0.510. The van der Waals surface area contributed by atoms with Crippen molar-refractivity contribution < 1.29 is 9.59 Å². The molecule has 46 valence electrons. The van der Waals surface area contributed by atoms with Gasteiger partial charge in [0.05, 0.1) is 12.0 Å². The molecule has 1 aromatic rings. The molecule has 0 saturated carbocycles. The molecule has 2 nitrogen and oxygen atoms in total. The van der Waals surface area contributed by atoms with Crippen molar-refractivity contribution >= 4 is 12.0 Å². The van der Waals surface area contributed by atoms with Gasteiger partial charge in [0.1, 0.15) is 0 Å². The second-order valence-corrected chi connectivity index (χ2v) is 2.12. The molecule has 0 heterocycles. The fourth-order valence-electron chi connectivity index (χ4n) is 0.465. The molecule has 0 aliphatic carbocycles. The Balaban J connectivity index is 2.61. The highest BCUT2D eigenvalue weighted by Crippen LogP contribution is 2.15. The molecule has 1 rings (SSSR count). The van der Waals surface area contributed by atoms with Gasteiger partial charge in [-0.1, -0.05) is 18.2 Å². The Morgan fingerprint density at radius 3 is 3.00 bits per heavy atom. The molecule has 1 aromatic carbocycles. The summed E-state index contributed by atoms with van der Waals surface area (Å²) in [5.41, 5.74) is 0. The van der Waals surface area contributed by atoms with E-state index in [4.69, 9.17) is 0 Å². The topological polar surface area (TPSA) is 29.1 Å². The van der Waals surface area contributed by atoms with Crippen LogP contribution in [0, 0.1) is 6.07 Å². The summed E-state index contributed by atoms with van der Waals surface area (Å²) in [6.45, 7) is 0. The zero-order valence-corrected chi connectivity index (χ0v) is 5.35. The standard InChI is InChI=1S/C6H4O2S/c7-8-9-6-4-2-1-3-5-6/h1-4H. The minimum absolute atomic E-state index is 0.701. The summed E-state index contributed by atoms with van der Waals surface area (Å²) in [4.78, 5) is 0.701. The Bertz CT molecular complexity index is 164. The molecule has 0 N–H and O–H groups in total. The predicted molar refractivity (Wildman–Crippen MR) is 32.9 cm³/mol. The number of hydrogen-bond acceptors (Lipinski definition) is 2. The summed E-state index contributed by atoms with van der Waals surface area (Å²) in [5.74, 6) is 0. The van der Waals surface area contributed by atoms with Gasteiger partial charge in [-0.15, -0.1) is 4.33 Å². The molecule has 0 unspecified atom stereocenters. The second kappa shape index (κ2) is 3.50. The fraction of sp³-hybridized carbons (Fsp3) is 0. The van der Waals surface area contributed by atoms with Gasteiger partial charge in [0.2, 0.25) is 0 Å². The van der Waals surface area contributed by atoms with Gasteiger partial charge in [-0.3, -0.25) is 0 Å². The van der Waals surface area contributed by atoms with E-state index in [0.717, 1.165) is 12.0 Å². The van der Waals surface area contributed by atoms with Gasteiger partial charge in [-0.25, -0.2) is 0 Å². The van der Waals surface area contributed by atoms with Crippen molar-refractivity contribution in [3.05, 3.63) is 30.3 Å². The lowest BCUT2D eigenvalue weighted by molar-refractivity contribution is -0.191. The third-order valence-electron chi connectivity index (χ3n) is 0.804. The minimum atomic E-state index is 0.701. The van der Waals surface area contributed by atoms with Gasteiger partial charge < -0.3 is 0 Å². The summed E-state index contributed by atoms with van der Waals surface area (Å²) >= 11 is 0.764. The lowest BCUT2D eigenvalue weighted by Crippen LogP contribution is -1.68. The van der Waals surface area contributed by atoms with E-state index >= 15 is 0 Å². The number of hydrogen-bond donors (Lipinski definition) is 0. The van der Waals surface area contributed by atoms with E-state index in [1.807, 2.05) is 12.1 Å². The van der Waals surface area contributed by atoms with Crippen molar-refractivity contribution in [1.29, 1.82) is 0 Å². The average Bonchev–Trinajstić information content (AvgIpc) is 1.91. The van der Waals surface area contributed by atoms with Crippen LogP contribution >= 0.6 is 12.0 Å². The largest absolute Gasteiger partial charge is 0.125 e. The first kappa shape index (κ1) is 6.61. The summed E-state index contributed by atoms with van der Waals surface area (Å²) in [7, 11) is 0. The van der Waals surface area contributed by atoms with Crippen molar-refractivity contribution in [3.8, 4) is 0 Å². The first-order valence-electron chi connectivity index (χ1n) is 2.36. The maximum Gasteiger partial charge on any atom is 0.0722 e. The van der Waals surface area contributed by atoms with E-state index in [0.29, 0.717) is 4.90 Å². The summed E-state index contributed by atoms with van der Waals surface area (Å²) in [6.07, 6.45) is 0. The first-order chi connectivity index (χ1) is 4.43. The Kier molecular flexibility index (Phi) is 2.57. The van der Waals surface area contributed by atoms with Gasteiger partial charge >= 0.3 is 0 Å². The van der Waals surface area contributed by atoms with Crippen LogP contribution in [0.3, 0.4) is 0 Å². The van der Waals surface area contributed by atoms with Gasteiger partial charge in [-0.05, 0) is 17.4 Å². The summed E-state index contributed by atoms with van der Waals surface area (Å²) < 4.78 is 3.56. The minimum Gasteiger partial charge on any atom is -0.125 e. The maximum absolute atomic E-state index is 9.54. The Morgan fingerprint density at radius 2 is 2.44 bits per heavy atom. The van der Waals surface area contributed by atoms with Gasteiger partial charge in [0, 0.05) is 4.90 Å². The molecule has 2 radical (unpaired) electrons. The molecule has 0 saturated heterocycles. The van der Waals surface area contributed by atoms with E-state index in [1.165, 1.54) is 0 Å². The van der Waals surface area contributed by atoms with Gasteiger partial charge in [0.25, 0.3) is 0 Å². The van der Waals surface area contributed by atoms with Crippen LogP contribution in [-0.4, -0.2) is 0 Å². The molecular formula is C6H4O2S. The van der Waals surface area contributed by atoms with Crippen LogP contribution in [0.15, 0.2) is 29.2 Å². The molecule has 0 amide bonds. The highest BCUT2D eigenvalue weighted by molar-refractivity contribution is 7.94. The maximum atomic E-state index is 9.54. The molecule has 0 fully saturated rings. The van der Waals surface area contributed by atoms with E-state index in [2.05, 4.69) is 10.4 Å². The van der Waals surface area contributed by atoms with Crippen LogP contribution in [0.2, 0.25) is 0 Å². The highest BCUT2D eigenvalue weighted by Gasteiger charge is 1.89. The monoisotopic (exact) mass is 140 g/mol. The average molecular weight is 140 g/mol. The zero-order valence-electron chi connectivity index (χ0n) is 4.53. The SMILES string of the molecule is [O]OSc1[c]cccc1. The predicted octanol–water partition coefficient (Wildman–Crippen LogP) is 1.86. The molecule has 0 spiro atoms. The first-order valence-corrected chi connectivity index (χ1v) is 3.11. The van der Waals surface area contributed by atoms with Crippen LogP contribution in [0.4, 0.5) is 0 Å². The van der Waals surface area contributed by atoms with Crippen molar-refractivity contribution in [2.45, 2.75) is 4.90 Å². The van der Waals surface area contributed by atoms with Gasteiger partial charge in [-0.2, -0.15) is 0 Å². The highest BCUT2D eigenvalue weighted by atomic mass is 32.2. The number of benzene rings is 1. The summed E-state index contributed by atoms with van der Waals surface area (Å²) in [5, 5.41) is 9.54. The smallest absolute Gasteiger partial charge is 0.0722 e. The van der Waals surface area contributed by atoms with Crippen molar-refractivity contribution in [2.24, 2.45) is 0 Å². The lowest BCUT2D eigenvalue weighted by atomic mass is 10.4. The fourth-order valence-corrected chi connectivity index (χ4v) is 0.789. The summed E-state index contributed by atoms with van der Waals surface area (Å²) in [6, 6.07) is 9.93. The van der Waals surface area contributed by atoms with Crippen molar-refractivity contribution in [2.75, 3.05) is 0 Å². The number of rotatable bonds is 2. The van der Waals surface area contributed by atoms with Gasteiger partial charge in [0.15, 0.2) is 0 Å². The van der Waals surface area contributed by atoms with E-state index in [-0.39, 0.29) is 0 Å². The normalized spacial score (nSPS) is 9.44.